The fourth-order valence-electron chi connectivity index (χ4n) is 5.20. The van der Waals surface area contributed by atoms with E-state index in [4.69, 9.17) is 4.74 Å². The van der Waals surface area contributed by atoms with E-state index in [1.165, 1.54) is 4.90 Å². The molecule has 0 unspecified atom stereocenters. The summed E-state index contributed by atoms with van der Waals surface area (Å²) < 4.78 is 5.30. The number of aliphatic hydroxyl groups is 3. The summed E-state index contributed by atoms with van der Waals surface area (Å²) in [6.45, 7) is 5.66. The molecule has 1 saturated heterocycles. The summed E-state index contributed by atoms with van der Waals surface area (Å²) in [5.74, 6) is -2.94. The van der Waals surface area contributed by atoms with Gasteiger partial charge in [0.25, 0.3) is 0 Å². The summed E-state index contributed by atoms with van der Waals surface area (Å²) in [7, 11) is 0. The Morgan fingerprint density at radius 3 is 2.20 bits per heavy atom. The molecule has 14 heteroatoms. The Morgan fingerprint density at radius 1 is 0.955 bits per heavy atom. The second-order valence-corrected chi connectivity index (χ2v) is 11.1. The molecule has 44 heavy (non-hydrogen) atoms. The third kappa shape index (κ3) is 6.94. The zero-order valence-corrected chi connectivity index (χ0v) is 24.6. The number of carbonyl (C=O) groups excluding carboxylic acids is 1. The van der Waals surface area contributed by atoms with Crippen molar-refractivity contribution in [2.24, 2.45) is 5.92 Å². The molecule has 1 aliphatic rings. The van der Waals surface area contributed by atoms with E-state index in [2.05, 4.69) is 15.4 Å². The van der Waals surface area contributed by atoms with Gasteiger partial charge in [-0.1, -0.05) is 75.7 Å². The van der Waals surface area contributed by atoms with Crippen LogP contribution in [0.1, 0.15) is 51.8 Å². The number of aromatic nitrogens is 4. The van der Waals surface area contributed by atoms with Crippen molar-refractivity contribution in [1.82, 2.24) is 25.1 Å². The van der Waals surface area contributed by atoms with Gasteiger partial charge in [0.1, 0.15) is 24.4 Å². The average molecular weight is 612 g/mol. The van der Waals surface area contributed by atoms with E-state index < -0.39 is 48.6 Å². The van der Waals surface area contributed by atoms with Crippen LogP contribution in [0.5, 0.6) is 0 Å². The predicted molar refractivity (Wildman–Crippen MR) is 155 cm³/mol. The molecule has 2 heterocycles. The van der Waals surface area contributed by atoms with Crippen molar-refractivity contribution in [2.75, 3.05) is 0 Å². The summed E-state index contributed by atoms with van der Waals surface area (Å²) in [5, 5.41) is 62.0. The van der Waals surface area contributed by atoms with Gasteiger partial charge in [-0.15, -0.1) is 15.0 Å². The highest BCUT2D eigenvalue weighted by molar-refractivity contribution is 5.84. The number of tetrazole rings is 1. The number of carboxylic acids is 2. The summed E-state index contributed by atoms with van der Waals surface area (Å²) in [6, 6.07) is 13.5. The van der Waals surface area contributed by atoms with Crippen LogP contribution in [-0.4, -0.2) is 98.9 Å². The summed E-state index contributed by atoms with van der Waals surface area (Å²) in [4.78, 5) is 38.9. The maximum absolute atomic E-state index is 13.0. The Hall–Kier alpha value is -4.24. The van der Waals surface area contributed by atoms with Gasteiger partial charge in [0.15, 0.2) is 6.10 Å². The van der Waals surface area contributed by atoms with Gasteiger partial charge >= 0.3 is 11.9 Å². The smallest absolute Gasteiger partial charge is 0.335 e. The van der Waals surface area contributed by atoms with Crippen LogP contribution in [-0.2, 0) is 25.7 Å². The lowest BCUT2D eigenvalue weighted by Crippen LogP contribution is -2.58. The van der Waals surface area contributed by atoms with Crippen molar-refractivity contribution >= 4 is 17.8 Å². The number of ether oxygens (including phenoxy) is 1. The van der Waals surface area contributed by atoms with E-state index in [1.807, 2.05) is 43.3 Å². The zero-order chi connectivity index (χ0) is 32.1. The standard InChI is InChI=1S/C30H37N5O9/c1-4-5-10-21(36)34(22(16(2)3)29(40)41)15-17-11-13-18(14-12-17)19-8-6-7-9-20(19)27-31-33-35(32-27)28-25(39)23(37)24(38)26(44-28)30(42)43/h6-9,11-14,16,22-26,28,37-39H,4-5,10,15H2,1-3H3,(H,40,41)(H,42,43)/t22-,23-,24-,25+,26-,28+/m0/s1. The van der Waals surface area contributed by atoms with Crippen LogP contribution < -0.4 is 0 Å². The molecule has 1 fully saturated rings. The van der Waals surface area contributed by atoms with Crippen LogP contribution in [0.3, 0.4) is 0 Å². The van der Waals surface area contributed by atoms with Crippen LogP contribution in [0, 0.1) is 5.92 Å². The van der Waals surface area contributed by atoms with E-state index in [9.17, 15) is 39.9 Å². The molecule has 1 aromatic heterocycles. The molecular weight excluding hydrogens is 574 g/mol. The zero-order valence-electron chi connectivity index (χ0n) is 24.6. The van der Waals surface area contributed by atoms with Crippen molar-refractivity contribution in [3.63, 3.8) is 0 Å². The van der Waals surface area contributed by atoms with Gasteiger partial charge in [0.2, 0.25) is 18.0 Å². The number of benzene rings is 2. The Kier molecular flexibility index (Phi) is 10.4. The minimum Gasteiger partial charge on any atom is -0.480 e. The number of carbonyl (C=O) groups is 3. The average Bonchev–Trinajstić information content (AvgIpc) is 3.48. The first kappa shape index (κ1) is 32.7. The van der Waals surface area contributed by atoms with Crippen molar-refractivity contribution < 1.29 is 44.7 Å². The van der Waals surface area contributed by atoms with Gasteiger partial charge in [-0.2, -0.15) is 0 Å². The highest BCUT2D eigenvalue weighted by Crippen LogP contribution is 2.32. The summed E-state index contributed by atoms with van der Waals surface area (Å²) >= 11 is 0. The van der Waals surface area contributed by atoms with Gasteiger partial charge < -0.3 is 35.2 Å². The number of amides is 1. The lowest BCUT2D eigenvalue weighted by Gasteiger charge is -2.37. The third-order valence-electron chi connectivity index (χ3n) is 7.56. The molecule has 1 aliphatic heterocycles. The predicted octanol–water partition coefficient (Wildman–Crippen LogP) is 1.70. The van der Waals surface area contributed by atoms with E-state index >= 15 is 0 Å². The van der Waals surface area contributed by atoms with Crippen molar-refractivity contribution in [2.45, 2.75) is 83.3 Å². The highest BCUT2D eigenvalue weighted by atomic mass is 16.6. The Morgan fingerprint density at radius 2 is 1.61 bits per heavy atom. The first-order chi connectivity index (χ1) is 20.9. The maximum atomic E-state index is 13.0. The topological polar surface area (TPSA) is 208 Å². The number of nitrogens with zero attached hydrogens (tertiary/aromatic N) is 5. The van der Waals surface area contributed by atoms with E-state index in [-0.39, 0.29) is 30.6 Å². The highest BCUT2D eigenvalue weighted by Gasteiger charge is 2.48. The minimum atomic E-state index is -1.85. The fraction of sp³-hybridized carbons (Fsp3) is 0.467. The van der Waals surface area contributed by atoms with Crippen molar-refractivity contribution in [3.8, 4) is 22.5 Å². The number of rotatable bonds is 12. The van der Waals surface area contributed by atoms with Crippen LogP contribution in [0.2, 0.25) is 0 Å². The number of carboxylic acid groups (broad SMARTS) is 2. The number of aliphatic hydroxyl groups excluding tert-OH is 3. The normalized spacial score (nSPS) is 22.5. The molecule has 236 valence electrons. The number of hydrogen-bond donors (Lipinski definition) is 5. The van der Waals surface area contributed by atoms with Crippen molar-refractivity contribution in [1.29, 1.82) is 0 Å². The van der Waals surface area contributed by atoms with Gasteiger partial charge in [0, 0.05) is 18.5 Å². The molecule has 0 saturated carbocycles. The van der Waals surface area contributed by atoms with E-state index in [1.54, 1.807) is 26.0 Å². The molecule has 14 nitrogen and oxygen atoms in total. The van der Waals surface area contributed by atoms with Gasteiger partial charge in [-0.05, 0) is 34.2 Å². The lowest BCUT2D eigenvalue weighted by molar-refractivity contribution is -0.251. The number of hydrogen-bond acceptors (Lipinski definition) is 10. The molecule has 2 aromatic carbocycles. The van der Waals surface area contributed by atoms with Gasteiger partial charge in [0.05, 0.1) is 0 Å². The molecule has 0 aliphatic carbocycles. The van der Waals surface area contributed by atoms with Gasteiger partial charge in [-0.25, -0.2) is 9.59 Å². The SMILES string of the molecule is CCCCC(=O)N(Cc1ccc(-c2ccccc2-c2nnn([C@@H]3O[C@H](C(=O)O)[C@@H](O)[C@H](O)[C@H]3O)n2)cc1)[C@H](C(=O)O)C(C)C. The van der Waals surface area contributed by atoms with E-state index in [0.29, 0.717) is 17.5 Å². The number of unbranched alkanes of at least 4 members (excludes halogenated alkanes) is 1. The molecule has 5 N–H and O–H groups in total. The molecule has 6 atom stereocenters. The molecule has 0 bridgehead atoms. The maximum Gasteiger partial charge on any atom is 0.335 e. The van der Waals surface area contributed by atoms with Crippen LogP contribution in [0.15, 0.2) is 48.5 Å². The van der Waals surface area contributed by atoms with E-state index in [0.717, 1.165) is 22.3 Å². The first-order valence-electron chi connectivity index (χ1n) is 14.4. The molecular formula is C30H37N5O9. The Labute approximate surface area is 253 Å². The minimum absolute atomic E-state index is 0.127. The first-order valence-corrected chi connectivity index (χ1v) is 14.4. The van der Waals surface area contributed by atoms with Crippen LogP contribution in [0.4, 0.5) is 0 Å². The second kappa shape index (κ2) is 14.0. The second-order valence-electron chi connectivity index (χ2n) is 11.1. The van der Waals surface area contributed by atoms with Crippen molar-refractivity contribution in [3.05, 3.63) is 54.1 Å². The lowest BCUT2D eigenvalue weighted by atomic mass is 9.97. The third-order valence-corrected chi connectivity index (χ3v) is 7.56. The summed E-state index contributed by atoms with van der Waals surface area (Å²) in [6.07, 6.45) is -6.98. The van der Waals surface area contributed by atoms with Crippen LogP contribution >= 0.6 is 0 Å². The number of aliphatic carboxylic acids is 2. The van der Waals surface area contributed by atoms with Gasteiger partial charge in [-0.3, -0.25) is 4.79 Å². The summed E-state index contributed by atoms with van der Waals surface area (Å²) in [5.41, 5.74) is 2.78. The molecule has 0 radical (unpaired) electrons. The largest absolute Gasteiger partial charge is 0.480 e. The molecule has 4 rings (SSSR count). The molecule has 1 amide bonds. The quantitative estimate of drug-likeness (QED) is 0.198. The monoisotopic (exact) mass is 611 g/mol. The van der Waals surface area contributed by atoms with Crippen LogP contribution in [0.25, 0.3) is 22.5 Å². The Bertz CT molecular complexity index is 1460. The fourth-order valence-corrected chi connectivity index (χ4v) is 5.20. The molecule has 3 aromatic rings. The Balaban J connectivity index is 1.59. The molecule has 0 spiro atoms.